The van der Waals surface area contributed by atoms with Crippen molar-refractivity contribution in [1.82, 2.24) is 4.90 Å². The molecule has 0 radical (unpaired) electrons. The Bertz CT molecular complexity index is 544. The highest BCUT2D eigenvalue weighted by molar-refractivity contribution is 5.94. The van der Waals surface area contributed by atoms with E-state index in [1.54, 1.807) is 48.5 Å². The molecule has 0 aromatic rings. The first-order valence-electron chi connectivity index (χ1n) is 8.51. The van der Waals surface area contributed by atoms with Crippen molar-refractivity contribution in [3.05, 3.63) is 25.3 Å². The van der Waals surface area contributed by atoms with Crippen LogP contribution in [-0.4, -0.2) is 57.6 Å². The Hall–Kier alpha value is -2.35. The van der Waals surface area contributed by atoms with Gasteiger partial charge in [0, 0.05) is 0 Å². The summed E-state index contributed by atoms with van der Waals surface area (Å²) in [5, 5.41) is 9.71. The molecule has 0 unspecified atom stereocenters. The Labute approximate surface area is 160 Å². The van der Waals surface area contributed by atoms with Crippen LogP contribution in [0.2, 0.25) is 0 Å². The average molecular weight is 385 g/mol. The van der Waals surface area contributed by atoms with Crippen LogP contribution in [-0.2, 0) is 19.0 Å². The summed E-state index contributed by atoms with van der Waals surface area (Å²) in [7, 11) is 0. The lowest BCUT2D eigenvalue weighted by Gasteiger charge is -2.34. The van der Waals surface area contributed by atoms with Crippen LogP contribution in [0.5, 0.6) is 0 Å². The average Bonchev–Trinajstić information content (AvgIpc) is 2.45. The van der Waals surface area contributed by atoms with E-state index < -0.39 is 47.6 Å². The molecule has 0 spiro atoms. The van der Waals surface area contributed by atoms with Gasteiger partial charge in [-0.15, -0.1) is 13.2 Å². The molecular formula is C19H31NO7. The Morgan fingerprint density at radius 2 is 1.33 bits per heavy atom. The summed E-state index contributed by atoms with van der Waals surface area (Å²) in [5.74, 6) is -1.48. The third kappa shape index (κ3) is 8.72. The molecule has 0 aliphatic rings. The zero-order chi connectivity index (χ0) is 21.6. The molecular weight excluding hydrogens is 354 g/mol. The summed E-state index contributed by atoms with van der Waals surface area (Å²) < 4.78 is 16.0. The van der Waals surface area contributed by atoms with Crippen molar-refractivity contribution in [2.45, 2.75) is 77.9 Å². The molecule has 2 amide bonds. The van der Waals surface area contributed by atoms with Crippen molar-refractivity contribution in [2.75, 3.05) is 0 Å². The number of amides is 2. The van der Waals surface area contributed by atoms with Crippen molar-refractivity contribution in [2.24, 2.45) is 0 Å². The van der Waals surface area contributed by atoms with Gasteiger partial charge in [-0.25, -0.2) is 14.4 Å². The first kappa shape index (κ1) is 24.7. The monoisotopic (exact) mass is 385 g/mol. The minimum absolute atomic E-state index is 0.404. The second-order valence-corrected chi connectivity index (χ2v) is 7.89. The quantitative estimate of drug-likeness (QED) is 0.666. The van der Waals surface area contributed by atoms with E-state index in [2.05, 4.69) is 13.2 Å². The van der Waals surface area contributed by atoms with Gasteiger partial charge in [0.25, 0.3) is 0 Å². The molecule has 0 aromatic carbocycles. The molecule has 27 heavy (non-hydrogen) atoms. The second kappa shape index (κ2) is 9.55. The van der Waals surface area contributed by atoms with Crippen LogP contribution in [0.1, 0.15) is 48.5 Å². The molecule has 0 fully saturated rings. The molecule has 0 bridgehead atoms. The fourth-order valence-corrected chi connectivity index (χ4v) is 1.88. The summed E-state index contributed by atoms with van der Waals surface area (Å²) in [6.07, 6.45) is -1.44. The van der Waals surface area contributed by atoms with Gasteiger partial charge in [0.05, 0.1) is 6.10 Å². The third-order valence-electron chi connectivity index (χ3n) is 2.96. The van der Waals surface area contributed by atoms with E-state index in [1.165, 1.54) is 12.2 Å². The van der Waals surface area contributed by atoms with E-state index in [0.717, 1.165) is 0 Å². The van der Waals surface area contributed by atoms with Crippen LogP contribution in [0.15, 0.2) is 25.3 Å². The summed E-state index contributed by atoms with van der Waals surface area (Å²) in [6, 6.07) is -1.74. The van der Waals surface area contributed by atoms with Gasteiger partial charge in [-0.3, -0.25) is 0 Å². The lowest BCUT2D eigenvalue weighted by Crippen LogP contribution is -2.57. The van der Waals surface area contributed by atoms with Gasteiger partial charge in [-0.2, -0.15) is 4.90 Å². The normalized spacial score (nSPS) is 15.1. The van der Waals surface area contributed by atoms with E-state index in [9.17, 15) is 19.5 Å². The molecule has 0 saturated carbocycles. The number of carboxylic acids is 1. The maximum absolute atomic E-state index is 12.6. The van der Waals surface area contributed by atoms with Crippen molar-refractivity contribution in [3.63, 3.8) is 0 Å². The van der Waals surface area contributed by atoms with E-state index >= 15 is 0 Å². The minimum Gasteiger partial charge on any atom is -0.480 e. The molecule has 0 heterocycles. The highest BCUT2D eigenvalue weighted by Gasteiger charge is 2.44. The van der Waals surface area contributed by atoms with Crippen molar-refractivity contribution in [3.8, 4) is 0 Å². The highest BCUT2D eigenvalue weighted by atomic mass is 16.6. The number of ether oxygens (including phenoxy) is 3. The van der Waals surface area contributed by atoms with E-state index in [1.807, 2.05) is 0 Å². The first-order valence-corrected chi connectivity index (χ1v) is 8.51. The van der Waals surface area contributed by atoms with E-state index in [-0.39, 0.29) is 0 Å². The molecule has 8 nitrogen and oxygen atoms in total. The lowest BCUT2D eigenvalue weighted by atomic mass is 10.1. The van der Waals surface area contributed by atoms with Crippen LogP contribution in [0.25, 0.3) is 0 Å². The Balaban J connectivity index is 6.08. The van der Waals surface area contributed by atoms with Gasteiger partial charge >= 0.3 is 18.2 Å². The number of carbonyl (C=O) groups is 3. The molecule has 0 aliphatic carbocycles. The van der Waals surface area contributed by atoms with Gasteiger partial charge in [0.15, 0.2) is 6.04 Å². The van der Waals surface area contributed by atoms with Gasteiger partial charge in [-0.1, -0.05) is 12.2 Å². The molecule has 0 aliphatic heterocycles. The van der Waals surface area contributed by atoms with Crippen molar-refractivity contribution >= 4 is 18.2 Å². The number of aliphatic carboxylic acids is 1. The maximum Gasteiger partial charge on any atom is 0.420 e. The fourth-order valence-electron chi connectivity index (χ4n) is 1.88. The minimum atomic E-state index is -1.74. The van der Waals surface area contributed by atoms with Crippen molar-refractivity contribution in [1.29, 1.82) is 0 Å². The zero-order valence-electron chi connectivity index (χ0n) is 17.1. The number of rotatable bonds is 7. The van der Waals surface area contributed by atoms with Crippen LogP contribution >= 0.6 is 0 Å². The largest absolute Gasteiger partial charge is 0.480 e. The predicted octanol–water partition coefficient (Wildman–Crippen LogP) is 3.76. The van der Waals surface area contributed by atoms with Gasteiger partial charge < -0.3 is 19.3 Å². The number of nitrogens with zero attached hydrogens (tertiary/aromatic N) is 1. The van der Waals surface area contributed by atoms with Crippen LogP contribution in [0.4, 0.5) is 9.59 Å². The Kier molecular flexibility index (Phi) is 8.72. The van der Waals surface area contributed by atoms with Gasteiger partial charge in [0.2, 0.25) is 0 Å². The molecule has 8 heteroatoms. The Morgan fingerprint density at radius 1 is 0.926 bits per heavy atom. The molecule has 0 rings (SSSR count). The van der Waals surface area contributed by atoms with E-state index in [0.29, 0.717) is 4.90 Å². The highest BCUT2D eigenvalue weighted by Crippen LogP contribution is 2.21. The number of hydrogen-bond acceptors (Lipinski definition) is 6. The summed E-state index contributed by atoms with van der Waals surface area (Å²) in [5.41, 5.74) is -1.92. The number of hydrogen-bond donors (Lipinski definition) is 1. The summed E-state index contributed by atoms with van der Waals surface area (Å²) >= 11 is 0. The second-order valence-electron chi connectivity index (χ2n) is 7.89. The molecule has 0 aromatic heterocycles. The first-order chi connectivity index (χ1) is 12.1. The maximum atomic E-state index is 12.6. The predicted molar refractivity (Wildman–Crippen MR) is 100 cm³/mol. The SMILES string of the molecule is C=C[C@H](C)O[C@H](C=C)[C@@H](C(=O)O)N(C(=O)OC(C)(C)C)C(=O)OC(C)(C)C. The molecule has 1 N–H and O–H groups in total. The lowest BCUT2D eigenvalue weighted by molar-refractivity contribution is -0.148. The van der Waals surface area contributed by atoms with Crippen LogP contribution in [0.3, 0.4) is 0 Å². The third-order valence-corrected chi connectivity index (χ3v) is 2.96. The molecule has 154 valence electrons. The van der Waals surface area contributed by atoms with Gasteiger partial charge in [0.1, 0.15) is 17.3 Å². The zero-order valence-corrected chi connectivity index (χ0v) is 17.1. The fraction of sp³-hybridized carbons (Fsp3) is 0.632. The Morgan fingerprint density at radius 3 is 1.59 bits per heavy atom. The topological polar surface area (TPSA) is 102 Å². The van der Waals surface area contributed by atoms with Crippen LogP contribution in [0, 0.1) is 0 Å². The van der Waals surface area contributed by atoms with Gasteiger partial charge in [-0.05, 0) is 48.5 Å². The summed E-state index contributed by atoms with van der Waals surface area (Å²) in [6.45, 7) is 18.3. The number of carbonyl (C=O) groups excluding carboxylic acids is 2. The smallest absolute Gasteiger partial charge is 0.420 e. The number of carboxylic acid groups (broad SMARTS) is 1. The van der Waals surface area contributed by atoms with Crippen LogP contribution < -0.4 is 0 Å². The standard InChI is InChI=1S/C19H31NO7/c1-10-12(3)25-13(11-2)14(15(21)22)20(16(23)26-18(4,5)6)17(24)27-19(7,8)9/h10-14H,1-2H2,3-9H3,(H,21,22)/t12-,13+,14-/m0/s1. The molecule has 0 saturated heterocycles. The van der Waals surface area contributed by atoms with Crippen molar-refractivity contribution < 1.29 is 33.7 Å². The summed E-state index contributed by atoms with van der Waals surface area (Å²) in [4.78, 5) is 37.6. The number of imide groups is 1. The van der Waals surface area contributed by atoms with E-state index in [4.69, 9.17) is 14.2 Å². The molecule has 3 atom stereocenters.